The number of benzene rings is 1. The van der Waals surface area contributed by atoms with Gasteiger partial charge in [-0.3, -0.25) is 19.4 Å². The van der Waals surface area contributed by atoms with Gasteiger partial charge in [-0.2, -0.15) is 0 Å². The van der Waals surface area contributed by atoms with Crippen molar-refractivity contribution < 1.29 is 29.0 Å². The summed E-state index contributed by atoms with van der Waals surface area (Å²) in [5.41, 5.74) is 11.4. The number of nitrogens with zero attached hydrogens (tertiary/aromatic N) is 3. The zero-order chi connectivity index (χ0) is 27.0. The lowest BCUT2D eigenvalue weighted by molar-refractivity contribution is -0.155. The van der Waals surface area contributed by atoms with Crippen molar-refractivity contribution in [3.8, 4) is 0 Å². The summed E-state index contributed by atoms with van der Waals surface area (Å²) in [6, 6.07) is 8.33. The maximum absolute atomic E-state index is 13.0. The first-order valence-electron chi connectivity index (χ1n) is 12.3. The van der Waals surface area contributed by atoms with Crippen LogP contribution in [0.5, 0.6) is 0 Å². The van der Waals surface area contributed by atoms with Crippen LogP contribution in [0.4, 0.5) is 4.79 Å². The van der Waals surface area contributed by atoms with Gasteiger partial charge in [0.05, 0.1) is 0 Å². The van der Waals surface area contributed by atoms with E-state index in [0.717, 1.165) is 24.9 Å². The lowest BCUT2D eigenvalue weighted by Gasteiger charge is -2.40. The second-order valence-corrected chi connectivity index (χ2v) is 8.58. The lowest BCUT2D eigenvalue weighted by Crippen LogP contribution is -2.60. The molecule has 0 aromatic heterocycles. The lowest BCUT2D eigenvalue weighted by atomic mass is 10.0. The fourth-order valence-corrected chi connectivity index (χ4v) is 3.88. The van der Waals surface area contributed by atoms with E-state index in [-0.39, 0.29) is 32.2 Å². The van der Waals surface area contributed by atoms with Gasteiger partial charge in [0, 0.05) is 19.6 Å². The number of hydrogen-bond donors (Lipinski definition) is 5. The van der Waals surface area contributed by atoms with E-state index in [1.807, 2.05) is 30.3 Å². The van der Waals surface area contributed by atoms with Crippen LogP contribution in [0.2, 0.25) is 0 Å². The Bertz CT molecular complexity index is 923. The number of carbonyl (C=O) groups is 4. The van der Waals surface area contributed by atoms with Crippen molar-refractivity contribution in [1.82, 2.24) is 20.4 Å². The number of aliphatic imine (C=N–C) groups is 1. The average Bonchev–Trinajstić information content (AvgIpc) is 2.87. The fourth-order valence-electron chi connectivity index (χ4n) is 3.88. The smallest absolute Gasteiger partial charge is 0.407 e. The second-order valence-electron chi connectivity index (χ2n) is 8.58. The molecule has 1 heterocycles. The summed E-state index contributed by atoms with van der Waals surface area (Å²) in [7, 11) is 0. The standard InChI is InChI=1S/C24H37N7O6/c25-23(26)28-12-5-4-10-27-11-6-9-19-22(35)30(16-21(33)34)13-14-31(19)20(32)15-29-24(36)37-17-18-7-2-1-3-8-18/h1-3,7-8,19,27H,4-6,9-17H2,(H,29,36)(H,33,34)(H4,25,26,28)/t19-/m0/s1. The first-order chi connectivity index (χ1) is 17.8. The van der Waals surface area contributed by atoms with Crippen molar-refractivity contribution in [2.75, 3.05) is 45.8 Å². The molecular formula is C24H37N7O6. The molecule has 1 aliphatic rings. The van der Waals surface area contributed by atoms with E-state index >= 15 is 0 Å². The molecule has 3 amide bonds. The molecule has 0 spiro atoms. The van der Waals surface area contributed by atoms with Crippen LogP contribution in [-0.2, 0) is 25.7 Å². The number of ether oxygens (including phenoxy) is 1. The third-order valence-corrected chi connectivity index (χ3v) is 5.71. The van der Waals surface area contributed by atoms with E-state index < -0.39 is 36.5 Å². The summed E-state index contributed by atoms with van der Waals surface area (Å²) < 4.78 is 5.12. The Balaban J connectivity index is 1.82. The maximum Gasteiger partial charge on any atom is 0.407 e. The molecule has 1 atom stereocenters. The van der Waals surface area contributed by atoms with E-state index in [1.54, 1.807) is 0 Å². The third kappa shape index (κ3) is 11.2. The van der Waals surface area contributed by atoms with E-state index in [4.69, 9.17) is 21.3 Å². The Morgan fingerprint density at radius 2 is 1.81 bits per heavy atom. The summed E-state index contributed by atoms with van der Waals surface area (Å²) in [6.07, 6.45) is 1.93. The van der Waals surface area contributed by atoms with E-state index in [2.05, 4.69) is 15.6 Å². The Hall–Kier alpha value is -3.87. The molecule has 0 radical (unpaired) electrons. The number of carboxylic acids is 1. The van der Waals surface area contributed by atoms with Crippen LogP contribution in [0.1, 0.15) is 31.2 Å². The number of aliphatic carboxylic acids is 1. The molecular weight excluding hydrogens is 482 g/mol. The van der Waals surface area contributed by atoms with Crippen LogP contribution >= 0.6 is 0 Å². The number of carboxylic acid groups (broad SMARTS) is 1. The molecule has 37 heavy (non-hydrogen) atoms. The number of amides is 3. The molecule has 1 fully saturated rings. The number of nitrogens with one attached hydrogen (secondary N) is 2. The van der Waals surface area contributed by atoms with Crippen molar-refractivity contribution in [3.63, 3.8) is 0 Å². The van der Waals surface area contributed by atoms with Crippen LogP contribution < -0.4 is 22.1 Å². The molecule has 13 nitrogen and oxygen atoms in total. The van der Waals surface area contributed by atoms with Crippen LogP contribution in [0, 0.1) is 0 Å². The number of alkyl carbamates (subject to hydrolysis) is 1. The van der Waals surface area contributed by atoms with Crippen molar-refractivity contribution >= 4 is 29.8 Å². The van der Waals surface area contributed by atoms with Gasteiger partial charge in [0.1, 0.15) is 25.7 Å². The summed E-state index contributed by atoms with van der Waals surface area (Å²) in [6.45, 7) is 1.54. The molecule has 2 rings (SSSR count). The number of guanidine groups is 1. The zero-order valence-electron chi connectivity index (χ0n) is 20.9. The predicted molar refractivity (Wildman–Crippen MR) is 136 cm³/mol. The van der Waals surface area contributed by atoms with E-state index in [9.17, 15) is 19.2 Å². The summed E-state index contributed by atoms with van der Waals surface area (Å²) >= 11 is 0. The van der Waals surface area contributed by atoms with Crippen molar-refractivity contribution in [2.45, 2.75) is 38.3 Å². The summed E-state index contributed by atoms with van der Waals surface area (Å²) in [5.74, 6) is -1.89. The van der Waals surface area contributed by atoms with E-state index in [0.29, 0.717) is 25.9 Å². The molecule has 1 aromatic carbocycles. The minimum absolute atomic E-state index is 0.0666. The topological polar surface area (TPSA) is 193 Å². The molecule has 1 aromatic rings. The van der Waals surface area contributed by atoms with Gasteiger partial charge in [-0.05, 0) is 44.3 Å². The molecule has 0 bridgehead atoms. The largest absolute Gasteiger partial charge is 0.480 e. The number of carbonyl (C=O) groups excluding carboxylic acids is 3. The molecule has 1 saturated heterocycles. The average molecular weight is 520 g/mol. The van der Waals surface area contributed by atoms with Gasteiger partial charge < -0.3 is 41.7 Å². The second kappa shape index (κ2) is 16.0. The van der Waals surface area contributed by atoms with Gasteiger partial charge in [0.15, 0.2) is 5.96 Å². The molecule has 1 aliphatic heterocycles. The van der Waals surface area contributed by atoms with Crippen LogP contribution in [0.25, 0.3) is 0 Å². The number of hydrogen-bond acceptors (Lipinski definition) is 7. The van der Waals surface area contributed by atoms with E-state index in [1.165, 1.54) is 9.80 Å². The molecule has 204 valence electrons. The Morgan fingerprint density at radius 3 is 2.51 bits per heavy atom. The quantitative estimate of drug-likeness (QED) is 0.115. The van der Waals surface area contributed by atoms with Gasteiger partial charge in [-0.1, -0.05) is 30.3 Å². The predicted octanol–water partition coefficient (Wildman–Crippen LogP) is -0.540. The SMILES string of the molecule is NC(N)=NCCCCNCCC[C@H]1C(=O)N(CC(=O)O)CCN1C(=O)CNC(=O)OCc1ccccc1. The zero-order valence-corrected chi connectivity index (χ0v) is 20.9. The van der Waals surface area contributed by atoms with Crippen LogP contribution in [-0.4, -0.2) is 96.6 Å². The van der Waals surface area contributed by atoms with Gasteiger partial charge in [-0.15, -0.1) is 0 Å². The summed E-state index contributed by atoms with van der Waals surface area (Å²) in [5, 5.41) is 14.8. The monoisotopic (exact) mass is 519 g/mol. The third-order valence-electron chi connectivity index (χ3n) is 5.71. The Labute approximate surface area is 216 Å². The van der Waals surface area contributed by atoms with Crippen LogP contribution in [0.3, 0.4) is 0 Å². The van der Waals surface area contributed by atoms with Crippen LogP contribution in [0.15, 0.2) is 35.3 Å². The molecule has 0 aliphatic carbocycles. The molecule has 7 N–H and O–H groups in total. The number of nitrogens with two attached hydrogens (primary N) is 2. The Kier molecular flexibility index (Phi) is 12.7. The minimum atomic E-state index is -1.11. The van der Waals surface area contributed by atoms with Gasteiger partial charge in [-0.25, -0.2) is 4.79 Å². The highest BCUT2D eigenvalue weighted by atomic mass is 16.5. The normalized spacial score (nSPS) is 15.2. The fraction of sp³-hybridized carbons (Fsp3) is 0.542. The maximum atomic E-state index is 13.0. The highest BCUT2D eigenvalue weighted by Gasteiger charge is 2.37. The molecule has 13 heteroatoms. The van der Waals surface area contributed by atoms with Gasteiger partial charge in [0.2, 0.25) is 11.8 Å². The first-order valence-corrected chi connectivity index (χ1v) is 12.3. The van der Waals surface area contributed by atoms with Crippen molar-refractivity contribution in [3.05, 3.63) is 35.9 Å². The van der Waals surface area contributed by atoms with Gasteiger partial charge >= 0.3 is 12.1 Å². The number of unbranched alkanes of at least 4 members (excludes halogenated alkanes) is 1. The van der Waals surface area contributed by atoms with Crippen molar-refractivity contribution in [2.24, 2.45) is 16.5 Å². The highest BCUT2D eigenvalue weighted by Crippen LogP contribution is 2.16. The van der Waals surface area contributed by atoms with Gasteiger partial charge in [0.25, 0.3) is 0 Å². The summed E-state index contributed by atoms with van der Waals surface area (Å²) in [4.78, 5) is 55.6. The van der Waals surface area contributed by atoms with Crippen molar-refractivity contribution in [1.29, 1.82) is 0 Å². The minimum Gasteiger partial charge on any atom is -0.480 e. The first kappa shape index (κ1) is 29.4. The molecule has 0 saturated carbocycles. The number of rotatable bonds is 15. The molecule has 0 unspecified atom stereocenters. The Morgan fingerprint density at radius 1 is 1.08 bits per heavy atom. The highest BCUT2D eigenvalue weighted by molar-refractivity contribution is 5.92. The number of piperazine rings is 1.